The maximum absolute atomic E-state index is 13.8. The first-order valence-corrected chi connectivity index (χ1v) is 14.4. The van der Waals surface area contributed by atoms with Crippen molar-refractivity contribution in [3.05, 3.63) is 99.1 Å². The number of amides is 2. The Bertz CT molecular complexity index is 1300. The van der Waals surface area contributed by atoms with Gasteiger partial charge >= 0.3 is 0 Å². The highest BCUT2D eigenvalue weighted by Crippen LogP contribution is 2.22. The Balaban J connectivity index is 2.03. The van der Waals surface area contributed by atoms with Crippen molar-refractivity contribution in [3.63, 3.8) is 0 Å². The minimum absolute atomic E-state index is 0.167. The van der Waals surface area contributed by atoms with E-state index in [0.29, 0.717) is 12.1 Å². The summed E-state index contributed by atoms with van der Waals surface area (Å²) in [6, 6.07) is 23.2. The number of likely N-dealkylation sites (N-methyl/N-ethyl adjacent to an activating group) is 1. The van der Waals surface area contributed by atoms with E-state index in [1.807, 2.05) is 61.5 Å². The first kappa shape index (κ1) is 27.7. The molecule has 3 aromatic carbocycles. The number of nitrogens with zero attached hydrogens (tertiary/aromatic N) is 2. The molecule has 0 fully saturated rings. The topological polar surface area (TPSA) is 86.8 Å². The van der Waals surface area contributed by atoms with Crippen molar-refractivity contribution in [2.45, 2.75) is 25.9 Å². The van der Waals surface area contributed by atoms with Crippen LogP contribution in [0.4, 0.5) is 5.69 Å². The third-order valence-corrected chi connectivity index (χ3v) is 7.77. The first-order chi connectivity index (χ1) is 17.1. The fraction of sp³-hybridized carbons (Fsp3) is 0.259. The molecule has 36 heavy (non-hydrogen) atoms. The van der Waals surface area contributed by atoms with Gasteiger partial charge in [0.05, 0.1) is 11.9 Å². The average Bonchev–Trinajstić information content (AvgIpc) is 2.85. The van der Waals surface area contributed by atoms with E-state index < -0.39 is 28.5 Å². The van der Waals surface area contributed by atoms with Crippen LogP contribution in [0.1, 0.15) is 16.7 Å². The number of anilines is 1. The maximum atomic E-state index is 13.8. The monoisotopic (exact) mass is 619 g/mol. The molecule has 0 aliphatic rings. The van der Waals surface area contributed by atoms with E-state index in [1.54, 1.807) is 24.3 Å². The molecule has 1 atom stereocenters. The van der Waals surface area contributed by atoms with Crippen molar-refractivity contribution in [2.24, 2.45) is 0 Å². The van der Waals surface area contributed by atoms with Crippen LogP contribution >= 0.6 is 22.6 Å². The maximum Gasteiger partial charge on any atom is 0.244 e. The van der Waals surface area contributed by atoms with E-state index in [4.69, 9.17) is 0 Å². The third-order valence-electron chi connectivity index (χ3n) is 5.91. The number of aryl methyl sites for hydroxylation is 1. The molecule has 0 heterocycles. The molecule has 0 spiro atoms. The zero-order valence-corrected chi connectivity index (χ0v) is 23.5. The SMILES string of the molecule is CNC(=O)[C@H](Cc1ccccc1)N(Cc1ccccc1C)C(=O)CN(c1ccc(I)cc1)S(C)(=O)=O. The normalized spacial score (nSPS) is 12.0. The second-order valence-corrected chi connectivity index (χ2v) is 11.7. The van der Waals surface area contributed by atoms with Crippen molar-refractivity contribution in [1.82, 2.24) is 10.2 Å². The van der Waals surface area contributed by atoms with Gasteiger partial charge in [0.15, 0.2) is 0 Å². The molecule has 0 aromatic heterocycles. The van der Waals surface area contributed by atoms with Gasteiger partial charge < -0.3 is 10.2 Å². The largest absolute Gasteiger partial charge is 0.357 e. The number of hydrogen-bond donors (Lipinski definition) is 1. The smallest absolute Gasteiger partial charge is 0.244 e. The van der Waals surface area contributed by atoms with Gasteiger partial charge in [0, 0.05) is 23.6 Å². The lowest BCUT2D eigenvalue weighted by molar-refractivity contribution is -0.139. The summed E-state index contributed by atoms with van der Waals surface area (Å²) in [5, 5.41) is 2.68. The van der Waals surface area contributed by atoms with Crippen LogP contribution in [0.2, 0.25) is 0 Å². The number of carbonyl (C=O) groups is 2. The van der Waals surface area contributed by atoms with Crippen LogP contribution in [0, 0.1) is 10.5 Å². The number of sulfonamides is 1. The molecule has 7 nitrogen and oxygen atoms in total. The van der Waals surface area contributed by atoms with Crippen LogP contribution in [-0.4, -0.2) is 51.0 Å². The second-order valence-electron chi connectivity index (χ2n) is 8.51. The minimum atomic E-state index is -3.77. The summed E-state index contributed by atoms with van der Waals surface area (Å²) < 4.78 is 27.5. The first-order valence-electron chi connectivity index (χ1n) is 11.4. The van der Waals surface area contributed by atoms with Crippen molar-refractivity contribution in [3.8, 4) is 0 Å². The standard InChI is InChI=1S/C27H30IN3O4S/c1-20-9-7-8-12-22(20)18-30(25(27(33)29-2)17-21-10-5-4-6-11-21)26(32)19-31(36(3,34)35)24-15-13-23(28)14-16-24/h4-16,25H,17-19H2,1-3H3,(H,29,33)/t25-/m0/s1. The molecular weight excluding hydrogens is 589 g/mol. The van der Waals surface area contributed by atoms with Crippen molar-refractivity contribution in [1.29, 1.82) is 0 Å². The van der Waals surface area contributed by atoms with Crippen molar-refractivity contribution < 1.29 is 18.0 Å². The molecular formula is C27H30IN3O4S. The van der Waals surface area contributed by atoms with Gasteiger partial charge in [-0.25, -0.2) is 8.42 Å². The molecule has 1 N–H and O–H groups in total. The summed E-state index contributed by atoms with van der Waals surface area (Å²) in [6.07, 6.45) is 1.37. The Morgan fingerprint density at radius 3 is 2.14 bits per heavy atom. The molecule has 9 heteroatoms. The number of nitrogens with one attached hydrogen (secondary N) is 1. The van der Waals surface area contributed by atoms with Gasteiger partial charge in [0.1, 0.15) is 12.6 Å². The summed E-state index contributed by atoms with van der Waals surface area (Å²) >= 11 is 2.14. The summed E-state index contributed by atoms with van der Waals surface area (Å²) in [6.45, 7) is 1.69. The van der Waals surface area contributed by atoms with E-state index in [-0.39, 0.29) is 12.5 Å². The van der Waals surface area contributed by atoms with E-state index in [1.165, 1.54) is 11.9 Å². The summed E-state index contributed by atoms with van der Waals surface area (Å²) in [4.78, 5) is 28.4. The molecule has 0 aliphatic carbocycles. The van der Waals surface area contributed by atoms with Gasteiger partial charge in [-0.2, -0.15) is 0 Å². The highest BCUT2D eigenvalue weighted by molar-refractivity contribution is 14.1. The van der Waals surface area contributed by atoms with Crippen molar-refractivity contribution in [2.75, 3.05) is 24.2 Å². The van der Waals surface area contributed by atoms with Crippen LogP contribution < -0.4 is 9.62 Å². The Morgan fingerprint density at radius 2 is 1.56 bits per heavy atom. The Hall–Kier alpha value is -2.92. The van der Waals surface area contributed by atoms with Crippen LogP contribution in [0.15, 0.2) is 78.9 Å². The van der Waals surface area contributed by atoms with Crippen LogP contribution in [0.3, 0.4) is 0 Å². The predicted octanol–water partition coefficient (Wildman–Crippen LogP) is 3.75. The zero-order chi connectivity index (χ0) is 26.3. The lowest BCUT2D eigenvalue weighted by atomic mass is 10.0. The van der Waals surface area contributed by atoms with Gasteiger partial charge in [0.25, 0.3) is 0 Å². The van der Waals surface area contributed by atoms with E-state index in [0.717, 1.165) is 30.8 Å². The van der Waals surface area contributed by atoms with Crippen LogP contribution in [-0.2, 0) is 32.6 Å². The Kier molecular flexibility index (Phi) is 9.49. The Morgan fingerprint density at radius 1 is 0.944 bits per heavy atom. The lowest BCUT2D eigenvalue weighted by Gasteiger charge is -2.33. The van der Waals surface area contributed by atoms with Crippen LogP contribution in [0.25, 0.3) is 0 Å². The number of carbonyl (C=O) groups excluding carboxylic acids is 2. The minimum Gasteiger partial charge on any atom is -0.357 e. The van der Waals surface area contributed by atoms with E-state index >= 15 is 0 Å². The third kappa shape index (κ3) is 7.30. The fourth-order valence-corrected chi connectivity index (χ4v) is 5.12. The van der Waals surface area contributed by atoms with Gasteiger partial charge in [-0.1, -0.05) is 54.6 Å². The fourth-order valence-electron chi connectivity index (χ4n) is 3.91. The molecule has 0 saturated carbocycles. The second kappa shape index (κ2) is 12.4. The molecule has 0 saturated heterocycles. The number of hydrogen-bond acceptors (Lipinski definition) is 4. The lowest BCUT2D eigenvalue weighted by Crippen LogP contribution is -2.53. The van der Waals surface area contributed by atoms with Gasteiger partial charge in [-0.15, -0.1) is 0 Å². The summed E-state index contributed by atoms with van der Waals surface area (Å²) in [5.41, 5.74) is 3.14. The Labute approximate surface area is 226 Å². The van der Waals surface area contributed by atoms with E-state index in [2.05, 4.69) is 27.9 Å². The average molecular weight is 620 g/mol. The molecule has 190 valence electrons. The zero-order valence-electron chi connectivity index (χ0n) is 20.5. The number of rotatable bonds is 10. The summed E-state index contributed by atoms with van der Waals surface area (Å²) in [5.74, 6) is -0.785. The molecule has 0 unspecified atom stereocenters. The van der Waals surface area contributed by atoms with Gasteiger partial charge in [0.2, 0.25) is 21.8 Å². The van der Waals surface area contributed by atoms with Crippen LogP contribution in [0.5, 0.6) is 0 Å². The predicted molar refractivity (Wildman–Crippen MR) is 151 cm³/mol. The summed E-state index contributed by atoms with van der Waals surface area (Å²) in [7, 11) is -2.24. The highest BCUT2D eigenvalue weighted by Gasteiger charge is 2.32. The molecule has 3 aromatic rings. The number of halogens is 1. The van der Waals surface area contributed by atoms with E-state index in [9.17, 15) is 18.0 Å². The molecule has 0 radical (unpaired) electrons. The van der Waals surface area contributed by atoms with Gasteiger partial charge in [-0.3, -0.25) is 13.9 Å². The molecule has 0 bridgehead atoms. The van der Waals surface area contributed by atoms with Gasteiger partial charge in [-0.05, 0) is 70.5 Å². The molecule has 2 amide bonds. The quantitative estimate of drug-likeness (QED) is 0.351. The number of benzene rings is 3. The molecule has 3 rings (SSSR count). The highest BCUT2D eigenvalue weighted by atomic mass is 127. The molecule has 0 aliphatic heterocycles. The van der Waals surface area contributed by atoms with Crippen molar-refractivity contribution >= 4 is 50.1 Å².